The van der Waals surface area contributed by atoms with E-state index in [1.54, 1.807) is 31.2 Å². The van der Waals surface area contributed by atoms with Crippen molar-refractivity contribution < 1.29 is 24.5 Å². The first-order valence-corrected chi connectivity index (χ1v) is 9.14. The molecule has 6 nitrogen and oxygen atoms in total. The van der Waals surface area contributed by atoms with Gasteiger partial charge in [0.1, 0.15) is 17.1 Å². The Kier molecular flexibility index (Phi) is 4.47. The van der Waals surface area contributed by atoms with Crippen molar-refractivity contribution in [1.29, 1.82) is 0 Å². The van der Waals surface area contributed by atoms with E-state index in [4.69, 9.17) is 4.74 Å². The zero-order valence-corrected chi connectivity index (χ0v) is 15.9. The standard InChI is InChI=1S/C23H19NO5/c1-12-20(16-9-5-6-10-18(16)24-12)21(26)13(2)29-23(28)17-11-19(25)14-7-3-4-8-15(14)22(17)27/h3-11,13,24-25,27H,1-2H3/t13-/m0/s1. The molecular weight excluding hydrogens is 370 g/mol. The minimum atomic E-state index is -1.08. The monoisotopic (exact) mass is 389 g/mol. The second-order valence-electron chi connectivity index (χ2n) is 6.92. The molecule has 0 saturated carbocycles. The van der Waals surface area contributed by atoms with Crippen LogP contribution in [-0.4, -0.2) is 33.1 Å². The van der Waals surface area contributed by atoms with Gasteiger partial charge in [0, 0.05) is 32.9 Å². The molecule has 0 saturated heterocycles. The molecule has 0 amide bonds. The third-order valence-corrected chi connectivity index (χ3v) is 5.01. The first-order chi connectivity index (χ1) is 13.9. The maximum atomic E-state index is 13.0. The largest absolute Gasteiger partial charge is 0.507 e. The van der Waals surface area contributed by atoms with Gasteiger partial charge in [0.2, 0.25) is 5.78 Å². The van der Waals surface area contributed by atoms with Crippen molar-refractivity contribution in [3.63, 3.8) is 0 Å². The van der Waals surface area contributed by atoms with Crippen molar-refractivity contribution >= 4 is 33.4 Å². The Balaban J connectivity index is 1.65. The number of carbonyl (C=O) groups is 2. The van der Waals surface area contributed by atoms with Gasteiger partial charge in [-0.3, -0.25) is 4.79 Å². The van der Waals surface area contributed by atoms with Crippen molar-refractivity contribution in [3.8, 4) is 11.5 Å². The molecule has 4 aromatic rings. The lowest BCUT2D eigenvalue weighted by Crippen LogP contribution is -2.25. The van der Waals surface area contributed by atoms with Crippen LogP contribution in [0.15, 0.2) is 54.6 Å². The molecule has 146 valence electrons. The Morgan fingerprint density at radius 2 is 1.59 bits per heavy atom. The summed E-state index contributed by atoms with van der Waals surface area (Å²) in [6, 6.07) is 15.2. The Hall–Kier alpha value is -3.80. The summed E-state index contributed by atoms with van der Waals surface area (Å²) in [6.45, 7) is 3.27. The van der Waals surface area contributed by atoms with Crippen molar-refractivity contribution in [2.45, 2.75) is 20.0 Å². The molecule has 6 heteroatoms. The molecule has 3 aromatic carbocycles. The fourth-order valence-corrected chi connectivity index (χ4v) is 3.57. The number of ketones is 1. The van der Waals surface area contributed by atoms with Crippen molar-refractivity contribution in [2.75, 3.05) is 0 Å². The Morgan fingerprint density at radius 1 is 0.966 bits per heavy atom. The number of aryl methyl sites for hydroxylation is 1. The molecule has 29 heavy (non-hydrogen) atoms. The van der Waals surface area contributed by atoms with Gasteiger partial charge in [0.05, 0.1) is 0 Å². The number of aromatic amines is 1. The SMILES string of the molecule is Cc1[nH]c2ccccc2c1C(=O)[C@H](C)OC(=O)c1cc(O)c2ccccc2c1O. The number of phenols is 2. The molecule has 0 fully saturated rings. The number of aromatic hydroxyl groups is 2. The summed E-state index contributed by atoms with van der Waals surface area (Å²) in [5.74, 6) is -1.69. The van der Waals surface area contributed by atoms with Gasteiger partial charge < -0.3 is 19.9 Å². The third-order valence-electron chi connectivity index (χ3n) is 5.01. The number of esters is 1. The highest BCUT2D eigenvalue weighted by molar-refractivity contribution is 6.12. The number of benzene rings is 3. The van der Waals surface area contributed by atoms with Crippen LogP contribution in [0.3, 0.4) is 0 Å². The highest BCUT2D eigenvalue weighted by atomic mass is 16.5. The smallest absolute Gasteiger partial charge is 0.342 e. The number of fused-ring (bicyclic) bond motifs is 2. The second-order valence-corrected chi connectivity index (χ2v) is 6.92. The number of aromatic nitrogens is 1. The molecule has 0 aliphatic carbocycles. The quantitative estimate of drug-likeness (QED) is 0.272. The van der Waals surface area contributed by atoms with Crippen LogP contribution in [0.1, 0.15) is 33.3 Å². The molecule has 1 aromatic heterocycles. The summed E-state index contributed by atoms with van der Waals surface area (Å²) in [6.07, 6.45) is -1.08. The van der Waals surface area contributed by atoms with Crippen LogP contribution in [0.2, 0.25) is 0 Å². The molecule has 0 aliphatic heterocycles. The van der Waals surface area contributed by atoms with E-state index in [9.17, 15) is 19.8 Å². The van der Waals surface area contributed by atoms with Crippen molar-refractivity contribution in [1.82, 2.24) is 4.98 Å². The van der Waals surface area contributed by atoms with Gasteiger partial charge in [-0.05, 0) is 26.0 Å². The average molecular weight is 389 g/mol. The van der Waals surface area contributed by atoms with E-state index in [1.807, 2.05) is 24.3 Å². The molecule has 1 atom stereocenters. The molecule has 4 rings (SSSR count). The van der Waals surface area contributed by atoms with Crippen LogP contribution in [0.25, 0.3) is 21.7 Å². The summed E-state index contributed by atoms with van der Waals surface area (Å²) in [5.41, 5.74) is 1.78. The van der Waals surface area contributed by atoms with Crippen molar-refractivity contribution in [3.05, 3.63) is 71.4 Å². The van der Waals surface area contributed by atoms with Crippen LogP contribution in [0.4, 0.5) is 0 Å². The summed E-state index contributed by atoms with van der Waals surface area (Å²) in [4.78, 5) is 28.8. The summed E-state index contributed by atoms with van der Waals surface area (Å²) >= 11 is 0. The van der Waals surface area contributed by atoms with Crippen LogP contribution in [-0.2, 0) is 4.74 Å². The topological polar surface area (TPSA) is 99.6 Å². The number of rotatable bonds is 4. The minimum Gasteiger partial charge on any atom is -0.507 e. The maximum absolute atomic E-state index is 13.0. The van der Waals surface area contributed by atoms with Crippen LogP contribution in [0, 0.1) is 6.92 Å². The lowest BCUT2D eigenvalue weighted by Gasteiger charge is -2.14. The second kappa shape index (κ2) is 6.98. The van der Waals surface area contributed by atoms with Gasteiger partial charge in [-0.1, -0.05) is 42.5 Å². The molecule has 1 heterocycles. The number of phenolic OH excluding ortho intramolecular Hbond substituents is 2. The highest BCUT2D eigenvalue weighted by Gasteiger charge is 2.26. The Morgan fingerprint density at radius 3 is 2.31 bits per heavy atom. The number of ether oxygens (including phenoxy) is 1. The van der Waals surface area contributed by atoms with E-state index < -0.39 is 12.1 Å². The van der Waals surface area contributed by atoms with E-state index >= 15 is 0 Å². The summed E-state index contributed by atoms with van der Waals surface area (Å²) < 4.78 is 5.34. The lowest BCUT2D eigenvalue weighted by atomic mass is 10.0. The number of H-pyrrole nitrogens is 1. The maximum Gasteiger partial charge on any atom is 0.342 e. The normalized spacial score (nSPS) is 12.2. The van der Waals surface area contributed by atoms with E-state index in [-0.39, 0.29) is 22.8 Å². The van der Waals surface area contributed by atoms with Gasteiger partial charge >= 0.3 is 5.97 Å². The van der Waals surface area contributed by atoms with Gasteiger partial charge in [-0.2, -0.15) is 0 Å². The number of nitrogens with one attached hydrogen (secondary N) is 1. The molecular formula is C23H19NO5. The zero-order valence-electron chi connectivity index (χ0n) is 15.9. The lowest BCUT2D eigenvalue weighted by molar-refractivity contribution is 0.0316. The molecule has 3 N–H and O–H groups in total. The van der Waals surface area contributed by atoms with Crippen LogP contribution in [0.5, 0.6) is 11.5 Å². The fraction of sp³-hybridized carbons (Fsp3) is 0.130. The predicted molar refractivity (Wildman–Crippen MR) is 110 cm³/mol. The molecule has 0 aliphatic rings. The number of hydrogen-bond acceptors (Lipinski definition) is 5. The van der Waals surface area contributed by atoms with Crippen LogP contribution >= 0.6 is 0 Å². The first-order valence-electron chi connectivity index (χ1n) is 9.14. The van der Waals surface area contributed by atoms with Gasteiger partial charge in [-0.25, -0.2) is 4.79 Å². The van der Waals surface area contributed by atoms with E-state index in [1.165, 1.54) is 6.92 Å². The number of hydrogen-bond donors (Lipinski definition) is 3. The highest BCUT2D eigenvalue weighted by Crippen LogP contribution is 2.35. The Bertz CT molecular complexity index is 1270. The van der Waals surface area contributed by atoms with Gasteiger partial charge in [0.15, 0.2) is 6.10 Å². The van der Waals surface area contributed by atoms with Crippen molar-refractivity contribution in [2.24, 2.45) is 0 Å². The first kappa shape index (κ1) is 18.6. The molecule has 0 spiro atoms. The van der Waals surface area contributed by atoms with E-state index in [0.717, 1.165) is 17.0 Å². The van der Waals surface area contributed by atoms with Gasteiger partial charge in [0.25, 0.3) is 0 Å². The molecule has 0 radical (unpaired) electrons. The number of Topliss-reactive ketones (excluding diaryl/α,β-unsaturated/α-hetero) is 1. The summed E-state index contributed by atoms with van der Waals surface area (Å²) in [5, 5.41) is 22.1. The van der Waals surface area contributed by atoms with E-state index in [0.29, 0.717) is 22.0 Å². The predicted octanol–water partition coefficient (Wildman–Crippen LogP) is 4.47. The Labute approximate surface area is 166 Å². The molecule has 0 bridgehead atoms. The average Bonchev–Trinajstić information content (AvgIpc) is 3.05. The fourth-order valence-electron chi connectivity index (χ4n) is 3.57. The number of para-hydroxylation sites is 1. The van der Waals surface area contributed by atoms with E-state index in [2.05, 4.69) is 4.98 Å². The van der Waals surface area contributed by atoms with Gasteiger partial charge in [-0.15, -0.1) is 0 Å². The van der Waals surface area contributed by atoms with Crippen LogP contribution < -0.4 is 0 Å². The minimum absolute atomic E-state index is 0.156. The number of carbonyl (C=O) groups excluding carboxylic acids is 2. The third kappa shape index (κ3) is 3.08. The summed E-state index contributed by atoms with van der Waals surface area (Å²) in [7, 11) is 0. The zero-order chi connectivity index (χ0) is 20.7. The molecule has 0 unspecified atom stereocenters.